The van der Waals surface area contributed by atoms with E-state index in [0.717, 1.165) is 49.1 Å². The van der Waals surface area contributed by atoms with E-state index in [0.29, 0.717) is 0 Å². The van der Waals surface area contributed by atoms with E-state index in [1.165, 1.54) is 24.6 Å². The molecule has 8 nitrogen and oxygen atoms in total. The Bertz CT molecular complexity index is 1110. The summed E-state index contributed by atoms with van der Waals surface area (Å²) in [6, 6.07) is 17.4. The monoisotopic (exact) mass is 462 g/mol. The van der Waals surface area contributed by atoms with Gasteiger partial charge in [0.25, 0.3) is 5.91 Å². The van der Waals surface area contributed by atoms with E-state index in [1.54, 1.807) is 0 Å². The van der Waals surface area contributed by atoms with Gasteiger partial charge < -0.3 is 29.9 Å². The quantitative estimate of drug-likeness (QED) is 0.491. The van der Waals surface area contributed by atoms with E-state index in [4.69, 9.17) is 19.7 Å². The Morgan fingerprint density at radius 3 is 2.56 bits per heavy atom. The summed E-state index contributed by atoms with van der Waals surface area (Å²) in [7, 11) is 0. The predicted molar refractivity (Wildman–Crippen MR) is 129 cm³/mol. The van der Waals surface area contributed by atoms with Crippen LogP contribution in [0.25, 0.3) is 0 Å². The normalized spacial score (nSPS) is 18.5. The van der Waals surface area contributed by atoms with Gasteiger partial charge in [-0.1, -0.05) is 17.3 Å². The van der Waals surface area contributed by atoms with Gasteiger partial charge in [0.05, 0.1) is 19.2 Å². The highest BCUT2D eigenvalue weighted by Gasteiger charge is 2.25. The number of carbonyl (C=O) groups excluding carboxylic acids is 1. The molecule has 2 heterocycles. The van der Waals surface area contributed by atoms with E-state index in [-0.39, 0.29) is 29.6 Å². The molecule has 8 heteroatoms. The molecule has 2 aromatic carbocycles. The van der Waals surface area contributed by atoms with Crippen LogP contribution in [0.4, 0.5) is 11.5 Å². The Labute approximate surface area is 199 Å². The van der Waals surface area contributed by atoms with Crippen LogP contribution in [0.5, 0.6) is 11.5 Å². The van der Waals surface area contributed by atoms with Gasteiger partial charge in [0.2, 0.25) is 5.76 Å². The summed E-state index contributed by atoms with van der Waals surface area (Å²) < 4.78 is 17.0. The molecule has 2 fully saturated rings. The molecule has 0 radical (unpaired) electrons. The number of nitrogens with two attached hydrogens (primary N) is 1. The molecule has 2 atom stereocenters. The fraction of sp³-hybridized carbons (Fsp3) is 0.385. The minimum Gasteiger partial charge on any atom is -0.493 e. The maximum absolute atomic E-state index is 12.2. The lowest BCUT2D eigenvalue weighted by Crippen LogP contribution is -2.26. The number of benzene rings is 2. The lowest BCUT2D eigenvalue weighted by atomic mass is 10.1. The van der Waals surface area contributed by atoms with Crippen LogP contribution < -0.4 is 25.4 Å². The highest BCUT2D eigenvalue weighted by molar-refractivity contribution is 5.92. The highest BCUT2D eigenvalue weighted by atomic mass is 16.5. The Morgan fingerprint density at radius 1 is 1.15 bits per heavy atom. The van der Waals surface area contributed by atoms with Gasteiger partial charge in [0, 0.05) is 24.7 Å². The van der Waals surface area contributed by atoms with Crippen LogP contribution in [0.3, 0.4) is 0 Å². The number of ether oxygens (including phenoxy) is 2. The van der Waals surface area contributed by atoms with E-state index in [9.17, 15) is 4.79 Å². The van der Waals surface area contributed by atoms with Crippen molar-refractivity contribution in [2.45, 2.75) is 38.3 Å². The van der Waals surface area contributed by atoms with Crippen LogP contribution in [0.2, 0.25) is 0 Å². The molecule has 1 aliphatic heterocycles. The molecule has 178 valence electrons. The molecule has 3 aromatic rings. The smallest absolute Gasteiger partial charge is 0.290 e. The van der Waals surface area contributed by atoms with Crippen LogP contribution in [0.15, 0.2) is 59.1 Å². The summed E-state index contributed by atoms with van der Waals surface area (Å²) in [6.07, 6.45) is 3.69. The summed E-state index contributed by atoms with van der Waals surface area (Å²) >= 11 is 0. The summed E-state index contributed by atoms with van der Waals surface area (Å²) in [5.41, 5.74) is 7.66. The van der Waals surface area contributed by atoms with E-state index in [1.807, 2.05) is 31.2 Å². The van der Waals surface area contributed by atoms with Crippen molar-refractivity contribution in [3.63, 3.8) is 0 Å². The maximum atomic E-state index is 12.2. The second-order valence-electron chi connectivity index (χ2n) is 9.10. The van der Waals surface area contributed by atoms with E-state index in [2.05, 4.69) is 39.6 Å². The lowest BCUT2D eigenvalue weighted by molar-refractivity contribution is 0.0902. The zero-order chi connectivity index (χ0) is 23.5. The van der Waals surface area contributed by atoms with E-state index < -0.39 is 0 Å². The number of nitrogens with zero attached hydrogens (tertiary/aromatic N) is 2. The number of anilines is 2. The Balaban J connectivity index is 1.10. The maximum Gasteiger partial charge on any atom is 0.290 e. The van der Waals surface area contributed by atoms with Crippen LogP contribution in [-0.4, -0.2) is 36.9 Å². The van der Waals surface area contributed by atoms with Crippen LogP contribution in [-0.2, 0) is 0 Å². The van der Waals surface area contributed by atoms with Crippen molar-refractivity contribution in [1.82, 2.24) is 10.5 Å². The highest BCUT2D eigenvalue weighted by Crippen LogP contribution is 2.30. The fourth-order valence-electron chi connectivity index (χ4n) is 4.09. The third kappa shape index (κ3) is 5.44. The molecule has 3 N–H and O–H groups in total. The van der Waals surface area contributed by atoms with Gasteiger partial charge in [-0.3, -0.25) is 4.79 Å². The first-order valence-corrected chi connectivity index (χ1v) is 11.8. The molecular formula is C26H30N4O4. The summed E-state index contributed by atoms with van der Waals surface area (Å²) in [5.74, 6) is 2.44. The minimum absolute atomic E-state index is 0.0931. The summed E-state index contributed by atoms with van der Waals surface area (Å²) in [4.78, 5) is 14.6. The molecule has 2 aliphatic rings. The molecule has 5 rings (SSSR count). The number of amides is 1. The largest absolute Gasteiger partial charge is 0.493 e. The van der Waals surface area contributed by atoms with Crippen LogP contribution >= 0.6 is 0 Å². The summed E-state index contributed by atoms with van der Waals surface area (Å²) in [6.45, 7) is 4.54. The van der Waals surface area contributed by atoms with Gasteiger partial charge >= 0.3 is 0 Å². The van der Waals surface area contributed by atoms with Crippen molar-refractivity contribution in [3.05, 3.63) is 65.9 Å². The second kappa shape index (κ2) is 9.67. The molecule has 1 aromatic heterocycles. The topological polar surface area (TPSA) is 103 Å². The molecular weight excluding hydrogens is 432 g/mol. The third-order valence-electron chi connectivity index (χ3n) is 6.31. The number of aromatic nitrogens is 1. The van der Waals surface area contributed by atoms with E-state index >= 15 is 0 Å². The van der Waals surface area contributed by atoms with Gasteiger partial charge in [-0.25, -0.2) is 0 Å². The molecule has 1 saturated carbocycles. The van der Waals surface area contributed by atoms with Gasteiger partial charge in [0.15, 0.2) is 5.82 Å². The molecule has 1 amide bonds. The van der Waals surface area contributed by atoms with Crippen molar-refractivity contribution in [2.75, 3.05) is 30.3 Å². The van der Waals surface area contributed by atoms with Gasteiger partial charge in [-0.05, 0) is 67.6 Å². The minimum atomic E-state index is -0.356. The zero-order valence-electron chi connectivity index (χ0n) is 19.3. The first-order valence-electron chi connectivity index (χ1n) is 11.8. The first-order chi connectivity index (χ1) is 16.5. The van der Waals surface area contributed by atoms with Crippen molar-refractivity contribution in [1.29, 1.82) is 0 Å². The second-order valence-corrected chi connectivity index (χ2v) is 9.10. The average molecular weight is 463 g/mol. The number of nitrogen functional groups attached to an aromatic ring is 1. The fourth-order valence-corrected chi connectivity index (χ4v) is 4.09. The Kier molecular flexibility index (Phi) is 6.29. The van der Waals surface area contributed by atoms with Crippen molar-refractivity contribution in [3.8, 4) is 11.5 Å². The van der Waals surface area contributed by atoms with Crippen molar-refractivity contribution >= 4 is 17.4 Å². The van der Waals surface area contributed by atoms with Crippen molar-refractivity contribution in [2.24, 2.45) is 5.92 Å². The third-order valence-corrected chi connectivity index (χ3v) is 6.31. The van der Waals surface area contributed by atoms with Crippen LogP contribution in [0.1, 0.15) is 48.3 Å². The number of hydrogen-bond acceptors (Lipinski definition) is 7. The first kappa shape index (κ1) is 22.1. The molecule has 0 bridgehead atoms. The predicted octanol–water partition coefficient (Wildman–Crippen LogP) is 4.19. The number of rotatable bonds is 9. The van der Waals surface area contributed by atoms with Crippen molar-refractivity contribution < 1.29 is 18.8 Å². The van der Waals surface area contributed by atoms with Gasteiger partial charge in [-0.15, -0.1) is 0 Å². The van der Waals surface area contributed by atoms with Gasteiger partial charge in [0.1, 0.15) is 17.6 Å². The molecule has 0 spiro atoms. The number of nitrogens with one attached hydrogen (secondary N) is 1. The van der Waals surface area contributed by atoms with Crippen LogP contribution in [0, 0.1) is 5.92 Å². The zero-order valence-corrected chi connectivity index (χ0v) is 19.3. The number of carbonyl (C=O) groups is 1. The Morgan fingerprint density at radius 2 is 1.88 bits per heavy atom. The van der Waals surface area contributed by atoms with Gasteiger partial charge in [-0.2, -0.15) is 0 Å². The SMILES string of the molecule is C[C@H](NC(=O)c1cc(N)no1)c1ccc(O[C@@H]2CCN(c3ccc(OCC4CC4)cc3)C2)cc1. The number of hydrogen-bond donors (Lipinski definition) is 2. The lowest BCUT2D eigenvalue weighted by Gasteiger charge is -2.20. The molecule has 1 aliphatic carbocycles. The average Bonchev–Trinajstić information content (AvgIpc) is 3.39. The Hall–Kier alpha value is -3.68. The standard InChI is InChI=1S/C26H30N4O4/c1-17(28-26(31)24-14-25(27)29-34-24)19-4-8-22(9-5-19)33-23-12-13-30(15-23)20-6-10-21(11-7-20)32-16-18-2-3-18/h4-11,14,17-18,23H,2-3,12-13,15-16H2,1H3,(H2,27,29)(H,28,31)/t17-,23+/m0/s1. The molecule has 0 unspecified atom stereocenters. The molecule has 1 saturated heterocycles. The summed E-state index contributed by atoms with van der Waals surface area (Å²) in [5, 5.41) is 6.42. The molecule has 34 heavy (non-hydrogen) atoms.